The average Bonchev–Trinajstić information content (AvgIpc) is 3.00. The van der Waals surface area contributed by atoms with Gasteiger partial charge < -0.3 is 11.1 Å². The van der Waals surface area contributed by atoms with E-state index in [0.717, 1.165) is 30.0 Å². The molecule has 0 saturated carbocycles. The number of nitrogens with zero attached hydrogens (tertiary/aromatic N) is 2. The van der Waals surface area contributed by atoms with Gasteiger partial charge >= 0.3 is 0 Å². The van der Waals surface area contributed by atoms with Crippen LogP contribution in [0.15, 0.2) is 23.2 Å². The van der Waals surface area contributed by atoms with Gasteiger partial charge in [-0.3, -0.25) is 4.90 Å². The van der Waals surface area contributed by atoms with Crippen molar-refractivity contribution in [2.75, 3.05) is 25.9 Å². The van der Waals surface area contributed by atoms with Gasteiger partial charge in [0.2, 0.25) is 0 Å². The Morgan fingerprint density at radius 1 is 1.46 bits per heavy atom. The Labute approximate surface area is 165 Å². The van der Waals surface area contributed by atoms with Crippen molar-refractivity contribution < 1.29 is 4.39 Å². The third-order valence-electron chi connectivity index (χ3n) is 4.31. The lowest BCUT2D eigenvalue weighted by atomic mass is 10.1. The lowest BCUT2D eigenvalue weighted by Crippen LogP contribution is -2.42. The minimum absolute atomic E-state index is 0. The average molecular weight is 466 g/mol. The number of benzene rings is 1. The Bertz CT molecular complexity index is 541. The Balaban J connectivity index is 0.00000288. The van der Waals surface area contributed by atoms with Crippen molar-refractivity contribution in [2.45, 2.75) is 38.1 Å². The number of thioether (sulfide) groups is 1. The number of halogens is 2. The predicted molar refractivity (Wildman–Crippen MR) is 113 cm³/mol. The highest BCUT2D eigenvalue weighted by Gasteiger charge is 2.22. The summed E-state index contributed by atoms with van der Waals surface area (Å²) in [7, 11) is 0. The summed E-state index contributed by atoms with van der Waals surface area (Å²) >= 11 is 1.67. The molecule has 0 amide bonds. The van der Waals surface area contributed by atoms with Crippen LogP contribution in [-0.4, -0.2) is 42.8 Å². The lowest BCUT2D eigenvalue weighted by Gasteiger charge is -2.23. The Hall–Kier alpha value is -0.540. The first kappa shape index (κ1) is 21.5. The van der Waals surface area contributed by atoms with Gasteiger partial charge in [0.1, 0.15) is 5.82 Å². The second-order valence-electron chi connectivity index (χ2n) is 5.85. The number of rotatable bonds is 7. The molecule has 1 heterocycles. The molecular weight excluding hydrogens is 438 g/mol. The molecule has 1 aromatic carbocycles. The Morgan fingerprint density at radius 2 is 2.25 bits per heavy atom. The minimum Gasteiger partial charge on any atom is -0.370 e. The summed E-state index contributed by atoms with van der Waals surface area (Å²) in [6.07, 6.45) is 4.48. The van der Waals surface area contributed by atoms with E-state index in [1.807, 2.05) is 6.26 Å². The number of nitrogens with one attached hydrogen (secondary N) is 1. The summed E-state index contributed by atoms with van der Waals surface area (Å²) in [6.45, 7) is 5.77. The van der Waals surface area contributed by atoms with Gasteiger partial charge in [-0.05, 0) is 55.4 Å². The number of nitrogens with two attached hydrogens (primary N) is 1. The van der Waals surface area contributed by atoms with Gasteiger partial charge in [-0.1, -0.05) is 13.0 Å². The largest absolute Gasteiger partial charge is 0.370 e. The maximum absolute atomic E-state index is 13.3. The van der Waals surface area contributed by atoms with Gasteiger partial charge in [-0.25, -0.2) is 9.38 Å². The van der Waals surface area contributed by atoms with Crippen LogP contribution in [0, 0.1) is 5.82 Å². The van der Waals surface area contributed by atoms with Crippen LogP contribution in [0.2, 0.25) is 0 Å². The molecule has 0 aromatic heterocycles. The Kier molecular flexibility index (Phi) is 9.99. The van der Waals surface area contributed by atoms with Crippen molar-refractivity contribution in [1.29, 1.82) is 0 Å². The van der Waals surface area contributed by atoms with E-state index in [2.05, 4.69) is 22.1 Å². The van der Waals surface area contributed by atoms with Crippen molar-refractivity contribution >= 4 is 41.7 Å². The van der Waals surface area contributed by atoms with Crippen LogP contribution in [0.25, 0.3) is 0 Å². The van der Waals surface area contributed by atoms with Crippen LogP contribution in [-0.2, 0) is 12.3 Å². The van der Waals surface area contributed by atoms with Gasteiger partial charge in [-0.2, -0.15) is 11.8 Å². The van der Waals surface area contributed by atoms with Crippen LogP contribution in [0.4, 0.5) is 4.39 Å². The molecule has 0 bridgehead atoms. The van der Waals surface area contributed by atoms with Gasteiger partial charge in [0.15, 0.2) is 5.96 Å². The van der Waals surface area contributed by atoms with Crippen LogP contribution >= 0.6 is 35.7 Å². The first-order valence-corrected chi connectivity index (χ1v) is 9.57. The molecule has 0 spiro atoms. The van der Waals surface area contributed by atoms with E-state index in [1.54, 1.807) is 23.9 Å². The highest BCUT2D eigenvalue weighted by molar-refractivity contribution is 14.0. The minimum atomic E-state index is -0.200. The summed E-state index contributed by atoms with van der Waals surface area (Å²) in [6, 6.07) is 5.41. The number of hydrogen-bond donors (Lipinski definition) is 2. The third kappa shape index (κ3) is 6.40. The van der Waals surface area contributed by atoms with Crippen molar-refractivity contribution in [3.8, 4) is 0 Å². The first-order valence-electron chi connectivity index (χ1n) is 8.18. The zero-order chi connectivity index (χ0) is 16.7. The second kappa shape index (κ2) is 11.1. The lowest BCUT2D eigenvalue weighted by molar-refractivity contribution is 0.267. The molecule has 1 atom stereocenters. The topological polar surface area (TPSA) is 53.6 Å². The maximum Gasteiger partial charge on any atom is 0.188 e. The fourth-order valence-electron chi connectivity index (χ4n) is 3.03. The number of hydrogen-bond acceptors (Lipinski definition) is 3. The molecule has 0 radical (unpaired) electrons. The zero-order valence-electron chi connectivity index (χ0n) is 14.4. The molecule has 1 aliphatic rings. The fraction of sp³-hybridized carbons (Fsp3) is 0.588. The summed E-state index contributed by atoms with van der Waals surface area (Å²) in [5, 5.41) is 3.23. The van der Waals surface area contributed by atoms with Gasteiger partial charge in [0.25, 0.3) is 0 Å². The van der Waals surface area contributed by atoms with E-state index in [-0.39, 0.29) is 29.8 Å². The monoisotopic (exact) mass is 466 g/mol. The molecule has 1 fully saturated rings. The van der Waals surface area contributed by atoms with Crippen LogP contribution < -0.4 is 11.1 Å². The number of likely N-dealkylation sites (tertiary alicyclic amines) is 1. The highest BCUT2D eigenvalue weighted by atomic mass is 127. The molecule has 24 heavy (non-hydrogen) atoms. The normalized spacial score (nSPS) is 18.5. The van der Waals surface area contributed by atoms with Gasteiger partial charge in [0.05, 0.1) is 6.54 Å². The van der Waals surface area contributed by atoms with E-state index in [9.17, 15) is 4.39 Å². The molecule has 4 nitrogen and oxygen atoms in total. The molecular formula is C17H28FIN4S. The van der Waals surface area contributed by atoms with Crippen molar-refractivity contribution in [3.05, 3.63) is 35.1 Å². The fourth-order valence-corrected chi connectivity index (χ4v) is 3.61. The molecule has 1 saturated heterocycles. The molecule has 1 aliphatic heterocycles. The summed E-state index contributed by atoms with van der Waals surface area (Å²) in [5.74, 6) is 1.05. The highest BCUT2D eigenvalue weighted by Crippen LogP contribution is 2.18. The number of likely N-dealkylation sites (N-methyl/N-ethyl adjacent to an activating group) is 1. The smallest absolute Gasteiger partial charge is 0.188 e. The van der Waals surface area contributed by atoms with E-state index in [0.29, 0.717) is 18.5 Å². The van der Waals surface area contributed by atoms with E-state index in [1.165, 1.54) is 25.5 Å². The molecule has 7 heteroatoms. The van der Waals surface area contributed by atoms with Crippen LogP contribution in [0.5, 0.6) is 0 Å². The molecule has 3 N–H and O–H groups in total. The van der Waals surface area contributed by atoms with Crippen LogP contribution in [0.1, 0.15) is 30.9 Å². The quantitative estimate of drug-likeness (QED) is 0.368. The van der Waals surface area contributed by atoms with Crippen molar-refractivity contribution in [3.63, 3.8) is 0 Å². The summed E-state index contributed by atoms with van der Waals surface area (Å²) < 4.78 is 13.3. The summed E-state index contributed by atoms with van der Waals surface area (Å²) in [5.41, 5.74) is 8.00. The molecule has 1 aromatic rings. The van der Waals surface area contributed by atoms with Crippen molar-refractivity contribution in [1.82, 2.24) is 10.2 Å². The van der Waals surface area contributed by atoms with Gasteiger partial charge in [0, 0.05) is 18.3 Å². The van der Waals surface area contributed by atoms with Gasteiger partial charge in [-0.15, -0.1) is 24.0 Å². The molecule has 0 aliphatic carbocycles. The maximum atomic E-state index is 13.3. The molecule has 136 valence electrons. The first-order chi connectivity index (χ1) is 11.1. The zero-order valence-corrected chi connectivity index (χ0v) is 17.6. The molecule has 1 unspecified atom stereocenters. The third-order valence-corrected chi connectivity index (χ3v) is 4.91. The number of aliphatic imine (C=N–C) groups is 1. The van der Waals surface area contributed by atoms with E-state index in [4.69, 9.17) is 5.73 Å². The second-order valence-corrected chi connectivity index (χ2v) is 6.72. The number of guanidine groups is 1. The van der Waals surface area contributed by atoms with Crippen molar-refractivity contribution in [2.24, 2.45) is 10.7 Å². The standard InChI is InChI=1S/C17H27FN4S.HI/c1-3-22-8-4-5-16(22)11-21-17(19)20-10-13-6-7-15(18)9-14(13)12-23-2;/h6-7,9,16H,3-5,8,10-12H2,1-2H3,(H3,19,20,21);1H. The Morgan fingerprint density at radius 3 is 2.96 bits per heavy atom. The SMILES string of the molecule is CCN1CCCC1CNC(N)=NCc1ccc(F)cc1CSC.I. The van der Waals surface area contributed by atoms with Crippen LogP contribution in [0.3, 0.4) is 0 Å². The van der Waals surface area contributed by atoms with E-state index < -0.39 is 0 Å². The predicted octanol–water partition coefficient (Wildman–Crippen LogP) is 3.20. The van der Waals surface area contributed by atoms with E-state index >= 15 is 0 Å². The summed E-state index contributed by atoms with van der Waals surface area (Å²) in [4.78, 5) is 6.88. The molecule has 2 rings (SSSR count).